The number of rotatable bonds is 54. The molecule has 0 saturated heterocycles. The maximum atomic E-state index is 12.8. The first-order valence-corrected chi connectivity index (χ1v) is 30.4. The van der Waals surface area contributed by atoms with E-state index in [4.69, 9.17) is 14.2 Å². The van der Waals surface area contributed by atoms with E-state index in [2.05, 4.69) is 118 Å². The van der Waals surface area contributed by atoms with Gasteiger partial charge in [0.25, 0.3) is 0 Å². The molecule has 0 radical (unpaired) electrons. The van der Waals surface area contributed by atoms with Crippen LogP contribution in [0, 0.1) is 0 Å². The highest BCUT2D eigenvalue weighted by Gasteiger charge is 2.19. The number of carbonyl (C=O) groups is 3. The van der Waals surface area contributed by atoms with Gasteiger partial charge in [0.1, 0.15) is 13.2 Å². The van der Waals surface area contributed by atoms with Crippen LogP contribution in [-0.4, -0.2) is 37.2 Å². The summed E-state index contributed by atoms with van der Waals surface area (Å²) in [5.41, 5.74) is 0. The minimum Gasteiger partial charge on any atom is -0.462 e. The summed E-state index contributed by atoms with van der Waals surface area (Å²) in [4.78, 5) is 38.0. The molecule has 6 nitrogen and oxygen atoms in total. The van der Waals surface area contributed by atoms with Gasteiger partial charge in [-0.1, -0.05) is 278 Å². The molecule has 416 valence electrons. The fourth-order valence-corrected chi connectivity index (χ4v) is 8.31. The first-order valence-electron chi connectivity index (χ1n) is 30.4. The maximum absolute atomic E-state index is 12.8. The Morgan fingerprint density at radius 1 is 0.288 bits per heavy atom. The number of carbonyl (C=O) groups excluding carboxylic acids is 3. The molecular formula is C67H112O6. The predicted octanol–water partition coefficient (Wildman–Crippen LogP) is 20.7. The van der Waals surface area contributed by atoms with Gasteiger partial charge in [0.15, 0.2) is 6.10 Å². The van der Waals surface area contributed by atoms with Crippen molar-refractivity contribution >= 4 is 17.9 Å². The molecule has 0 N–H and O–H groups in total. The Morgan fingerprint density at radius 3 is 0.890 bits per heavy atom. The molecule has 0 fully saturated rings. The molecule has 0 aromatic rings. The zero-order chi connectivity index (χ0) is 52.9. The zero-order valence-electron chi connectivity index (χ0n) is 47.6. The third kappa shape index (κ3) is 58.8. The summed E-state index contributed by atoms with van der Waals surface area (Å²) < 4.78 is 16.7. The molecule has 1 unspecified atom stereocenters. The van der Waals surface area contributed by atoms with Crippen LogP contribution >= 0.6 is 0 Å². The number of esters is 3. The highest BCUT2D eigenvalue weighted by atomic mass is 16.6. The fourth-order valence-electron chi connectivity index (χ4n) is 8.31. The number of hydrogen-bond acceptors (Lipinski definition) is 6. The van der Waals surface area contributed by atoms with Crippen LogP contribution in [-0.2, 0) is 28.6 Å². The van der Waals surface area contributed by atoms with Gasteiger partial charge in [-0.2, -0.15) is 0 Å². The second kappa shape index (κ2) is 60.6. The molecule has 0 spiro atoms. The number of ether oxygens (including phenoxy) is 3. The summed E-state index contributed by atoms with van der Waals surface area (Å²) >= 11 is 0. The molecule has 0 rings (SSSR count). The molecule has 0 heterocycles. The van der Waals surface area contributed by atoms with Gasteiger partial charge in [-0.25, -0.2) is 0 Å². The lowest BCUT2D eigenvalue weighted by Gasteiger charge is -2.18. The molecule has 0 saturated carbocycles. The first-order chi connectivity index (χ1) is 36.0. The smallest absolute Gasteiger partial charge is 0.306 e. The van der Waals surface area contributed by atoms with Crippen LogP contribution in [0.1, 0.15) is 278 Å². The largest absolute Gasteiger partial charge is 0.462 e. The summed E-state index contributed by atoms with van der Waals surface area (Å²) in [7, 11) is 0. The summed E-state index contributed by atoms with van der Waals surface area (Å²) in [5.74, 6) is -0.985. The second-order valence-corrected chi connectivity index (χ2v) is 19.9. The lowest BCUT2D eigenvalue weighted by Crippen LogP contribution is -2.30. The van der Waals surface area contributed by atoms with Gasteiger partial charge >= 0.3 is 17.9 Å². The average molecular weight is 1010 g/mol. The van der Waals surface area contributed by atoms with Crippen LogP contribution < -0.4 is 0 Å². The molecule has 73 heavy (non-hydrogen) atoms. The van der Waals surface area contributed by atoms with Crippen molar-refractivity contribution in [3.05, 3.63) is 109 Å². The molecule has 0 aromatic carbocycles. The van der Waals surface area contributed by atoms with Crippen molar-refractivity contribution in [3.63, 3.8) is 0 Å². The predicted molar refractivity (Wildman–Crippen MR) is 316 cm³/mol. The van der Waals surface area contributed by atoms with E-state index in [9.17, 15) is 14.4 Å². The van der Waals surface area contributed by atoms with Crippen molar-refractivity contribution in [3.8, 4) is 0 Å². The molecule has 0 aromatic heterocycles. The van der Waals surface area contributed by atoms with Crippen molar-refractivity contribution < 1.29 is 28.6 Å². The monoisotopic (exact) mass is 1010 g/mol. The quantitative estimate of drug-likeness (QED) is 0.0261. The Balaban J connectivity index is 4.09. The lowest BCUT2D eigenvalue weighted by atomic mass is 10.0. The number of allylic oxidation sites excluding steroid dienone is 18. The van der Waals surface area contributed by atoms with E-state index in [1.807, 2.05) is 12.2 Å². The van der Waals surface area contributed by atoms with Crippen LogP contribution in [0.2, 0.25) is 0 Å². The van der Waals surface area contributed by atoms with Crippen molar-refractivity contribution in [1.82, 2.24) is 0 Å². The van der Waals surface area contributed by atoms with Gasteiger partial charge < -0.3 is 14.2 Å². The van der Waals surface area contributed by atoms with E-state index in [1.54, 1.807) is 0 Å². The third-order valence-corrected chi connectivity index (χ3v) is 12.8. The average Bonchev–Trinajstić information content (AvgIpc) is 3.39. The molecule has 0 bridgehead atoms. The van der Waals surface area contributed by atoms with Crippen molar-refractivity contribution in [2.24, 2.45) is 0 Å². The van der Waals surface area contributed by atoms with Crippen molar-refractivity contribution in [2.45, 2.75) is 284 Å². The highest BCUT2D eigenvalue weighted by Crippen LogP contribution is 2.16. The summed E-state index contributed by atoms with van der Waals surface area (Å²) in [5, 5.41) is 0. The Hall–Kier alpha value is -3.93. The van der Waals surface area contributed by atoms with Crippen LogP contribution in [0.3, 0.4) is 0 Å². The molecule has 1 atom stereocenters. The van der Waals surface area contributed by atoms with Gasteiger partial charge in [-0.05, 0) is 89.9 Å². The summed E-state index contributed by atoms with van der Waals surface area (Å²) in [6.45, 7) is 6.33. The Morgan fingerprint density at radius 2 is 0.562 bits per heavy atom. The summed E-state index contributed by atoms with van der Waals surface area (Å²) in [6, 6.07) is 0. The zero-order valence-corrected chi connectivity index (χ0v) is 47.6. The number of hydrogen-bond donors (Lipinski definition) is 0. The van der Waals surface area contributed by atoms with Gasteiger partial charge in [0, 0.05) is 19.3 Å². The van der Waals surface area contributed by atoms with E-state index in [0.717, 1.165) is 96.3 Å². The second-order valence-electron chi connectivity index (χ2n) is 19.9. The van der Waals surface area contributed by atoms with Crippen LogP contribution in [0.5, 0.6) is 0 Å². The molecular weight excluding hydrogens is 901 g/mol. The van der Waals surface area contributed by atoms with Crippen molar-refractivity contribution in [2.75, 3.05) is 13.2 Å². The Labute approximate surface area is 450 Å². The lowest BCUT2D eigenvalue weighted by molar-refractivity contribution is -0.166. The van der Waals surface area contributed by atoms with Crippen LogP contribution in [0.4, 0.5) is 0 Å². The first kappa shape index (κ1) is 69.1. The minimum absolute atomic E-state index is 0.104. The summed E-state index contributed by atoms with van der Waals surface area (Å²) in [6.07, 6.45) is 82.8. The van der Waals surface area contributed by atoms with E-state index < -0.39 is 6.10 Å². The van der Waals surface area contributed by atoms with E-state index >= 15 is 0 Å². The van der Waals surface area contributed by atoms with Gasteiger partial charge in [-0.3, -0.25) is 14.4 Å². The van der Waals surface area contributed by atoms with Crippen LogP contribution in [0.25, 0.3) is 0 Å². The minimum atomic E-state index is -0.812. The molecule has 0 aliphatic carbocycles. The highest BCUT2D eigenvalue weighted by molar-refractivity contribution is 5.71. The normalized spacial score (nSPS) is 12.9. The Bertz CT molecular complexity index is 1490. The SMILES string of the molecule is CC/C=C\C/C=C\C/C=C\C/C=C\C/C=C\CCCCCCCCCCCCCCCCCCCC(=O)OCC(COC(=O)CCCCCCCCCCC)OC(=O)CC/C=C\C/C=C\C/C=C\C/C=C\CC. The molecule has 0 aliphatic heterocycles. The van der Waals surface area contributed by atoms with Crippen molar-refractivity contribution in [1.29, 1.82) is 0 Å². The standard InChI is InChI=1S/C67H112O6/c1-4-7-10-13-16-19-21-23-24-25-26-27-28-29-30-31-32-33-34-35-36-37-38-39-40-41-42-44-45-48-51-54-57-60-66(69)72-63-64(62-71-65(68)59-56-53-50-47-18-15-12-9-6-3)73-67(70)61-58-55-52-49-46-43-22-20-17-14-11-8-5-2/h7-8,10-11,16-17,19-20,23-24,26-27,29-30,43,46,52,55,64H,4-6,9,12-15,18,21-22,25,28,31-42,44-45,47-51,53-54,56-63H2,1-3H3/b10-7-,11-8-,19-16-,20-17-,24-23-,27-26-,30-29-,46-43-,55-52-. The van der Waals surface area contributed by atoms with E-state index in [1.165, 1.54) is 135 Å². The Kier molecular flexibility index (Phi) is 57.4. The van der Waals surface area contributed by atoms with Gasteiger partial charge in [0.2, 0.25) is 0 Å². The molecule has 0 amide bonds. The van der Waals surface area contributed by atoms with Gasteiger partial charge in [0.05, 0.1) is 0 Å². The topological polar surface area (TPSA) is 78.9 Å². The van der Waals surface area contributed by atoms with Crippen LogP contribution in [0.15, 0.2) is 109 Å². The molecule has 6 heteroatoms. The third-order valence-electron chi connectivity index (χ3n) is 12.8. The van der Waals surface area contributed by atoms with Gasteiger partial charge in [-0.15, -0.1) is 0 Å². The van der Waals surface area contributed by atoms with E-state index in [0.29, 0.717) is 19.3 Å². The molecule has 0 aliphatic rings. The fraction of sp³-hybridized carbons (Fsp3) is 0.687. The maximum Gasteiger partial charge on any atom is 0.306 e. The van der Waals surface area contributed by atoms with E-state index in [-0.39, 0.29) is 37.5 Å². The number of unbranched alkanes of at least 4 members (excludes halogenated alkanes) is 25.